The van der Waals surface area contributed by atoms with E-state index >= 15 is 0 Å². The maximum atomic E-state index is 14.4. The van der Waals surface area contributed by atoms with Crippen LogP contribution in [0.4, 0.5) is 17.6 Å². The molecule has 1 aliphatic heterocycles. The Kier molecular flexibility index (Phi) is 6.61. The van der Waals surface area contributed by atoms with Crippen LogP contribution in [0.5, 0.6) is 5.88 Å². The number of aromatic nitrogens is 3. The van der Waals surface area contributed by atoms with Crippen molar-refractivity contribution in [1.29, 1.82) is 0 Å². The molecule has 1 spiro atoms. The molecule has 2 saturated carbocycles. The highest BCUT2D eigenvalue weighted by Gasteiger charge is 2.67. The lowest BCUT2D eigenvalue weighted by atomic mass is 9.72. The fourth-order valence-electron chi connectivity index (χ4n) is 6.48. The molecule has 2 aromatic heterocycles. The van der Waals surface area contributed by atoms with Crippen LogP contribution in [-0.2, 0) is 4.79 Å². The van der Waals surface area contributed by atoms with Gasteiger partial charge >= 0.3 is 6.18 Å². The van der Waals surface area contributed by atoms with Crippen molar-refractivity contribution in [2.45, 2.75) is 61.9 Å². The summed E-state index contributed by atoms with van der Waals surface area (Å²) < 4.78 is 59.6. The number of aliphatic hydroxyl groups is 2. The summed E-state index contributed by atoms with van der Waals surface area (Å²) in [5, 5.41) is 27.1. The van der Waals surface area contributed by atoms with Crippen molar-refractivity contribution in [2.75, 3.05) is 13.7 Å². The summed E-state index contributed by atoms with van der Waals surface area (Å²) in [5.41, 5.74) is 1.83. The predicted octanol–water partition coefficient (Wildman–Crippen LogP) is 2.17. The van der Waals surface area contributed by atoms with E-state index in [4.69, 9.17) is 10.5 Å². The number of primary amides is 1. The first kappa shape index (κ1) is 27.3. The number of amides is 2. The number of carbonyl (C=O) groups is 2. The van der Waals surface area contributed by atoms with E-state index in [0.717, 1.165) is 6.20 Å². The minimum Gasteiger partial charge on any atom is -0.481 e. The van der Waals surface area contributed by atoms with Crippen LogP contribution >= 0.6 is 0 Å². The number of methoxy groups -OCH3 is 1. The fraction of sp³-hybridized carbons (Fsp3) is 0.600. The first-order valence-electron chi connectivity index (χ1n) is 12.6. The Balaban J connectivity index is 1.39. The van der Waals surface area contributed by atoms with Crippen LogP contribution in [0.3, 0.4) is 0 Å². The van der Waals surface area contributed by atoms with Crippen LogP contribution in [0.15, 0.2) is 18.3 Å². The lowest BCUT2D eigenvalue weighted by Gasteiger charge is -2.44. The fourth-order valence-corrected chi connectivity index (χ4v) is 6.48. The normalized spacial score (nSPS) is 32.7. The summed E-state index contributed by atoms with van der Waals surface area (Å²) in [7, 11) is 1.37. The molecule has 1 saturated heterocycles. The van der Waals surface area contributed by atoms with Crippen LogP contribution in [0, 0.1) is 23.6 Å². The third kappa shape index (κ3) is 4.52. The number of aromatic amines is 1. The molecule has 5 N–H and O–H groups in total. The Labute approximate surface area is 220 Å². The molecular weight excluding hydrogens is 526 g/mol. The van der Waals surface area contributed by atoms with Gasteiger partial charge in [-0.2, -0.15) is 18.3 Å². The number of nitrogens with zero attached hydrogens (tertiary/aromatic N) is 3. The Morgan fingerprint density at radius 1 is 1.26 bits per heavy atom. The van der Waals surface area contributed by atoms with E-state index in [1.54, 1.807) is 4.90 Å². The second-order valence-corrected chi connectivity index (χ2v) is 10.8. The summed E-state index contributed by atoms with van der Waals surface area (Å²) in [6.45, 7) is 0.177. The second-order valence-electron chi connectivity index (χ2n) is 10.8. The Bertz CT molecular complexity index is 1290. The number of H-pyrrole nitrogens is 1. The lowest BCUT2D eigenvalue weighted by Crippen LogP contribution is -2.58. The maximum absolute atomic E-state index is 14.4. The highest BCUT2D eigenvalue weighted by molar-refractivity contribution is 5.94. The molecule has 3 unspecified atom stereocenters. The summed E-state index contributed by atoms with van der Waals surface area (Å²) >= 11 is 0. The van der Waals surface area contributed by atoms with E-state index in [9.17, 15) is 37.4 Å². The predicted molar refractivity (Wildman–Crippen MR) is 126 cm³/mol. The number of ether oxygens (including phenoxy) is 1. The average molecular weight is 556 g/mol. The van der Waals surface area contributed by atoms with Gasteiger partial charge in [0.05, 0.1) is 25.1 Å². The molecule has 39 heavy (non-hydrogen) atoms. The molecule has 6 atom stereocenters. The van der Waals surface area contributed by atoms with Crippen molar-refractivity contribution in [3.05, 3.63) is 29.8 Å². The zero-order valence-electron chi connectivity index (χ0n) is 21.0. The number of hydrogen-bond donors (Lipinski definition) is 4. The van der Waals surface area contributed by atoms with Gasteiger partial charge < -0.3 is 25.6 Å². The number of halogens is 4. The van der Waals surface area contributed by atoms with E-state index in [-0.39, 0.29) is 54.6 Å². The van der Waals surface area contributed by atoms with Gasteiger partial charge in [-0.1, -0.05) is 0 Å². The average Bonchev–Trinajstić information content (AvgIpc) is 3.36. The molecule has 2 aromatic rings. The minimum atomic E-state index is -4.97. The topological polar surface area (TPSA) is 155 Å². The van der Waals surface area contributed by atoms with Crippen molar-refractivity contribution < 1.29 is 42.1 Å². The van der Waals surface area contributed by atoms with E-state index in [2.05, 4.69) is 15.2 Å². The molecular formula is C25H29F4N5O5. The monoisotopic (exact) mass is 555 g/mol. The number of aliphatic hydroxyl groups excluding tert-OH is 1. The molecule has 14 heteroatoms. The van der Waals surface area contributed by atoms with Gasteiger partial charge in [-0.25, -0.2) is 9.37 Å². The van der Waals surface area contributed by atoms with Crippen molar-refractivity contribution in [3.63, 3.8) is 0 Å². The highest BCUT2D eigenvalue weighted by atomic mass is 19.4. The van der Waals surface area contributed by atoms with Gasteiger partial charge in [0.1, 0.15) is 5.69 Å². The van der Waals surface area contributed by atoms with Crippen molar-refractivity contribution in [3.8, 4) is 17.1 Å². The third-order valence-electron chi connectivity index (χ3n) is 8.75. The van der Waals surface area contributed by atoms with E-state index < -0.39 is 59.3 Å². The standard InChI is InChI=1S/C25H29F4N5O5/c1-39-20-7-14(16(26)11-31-20)17-8-18(33-32-17)22(37)34-5-3-13(21(30)36)9-23(34)10-15(23)12-2-4-24(38,19(35)6-12)25(27,28)29/h7-8,11-13,15,19,35,38H,2-6,9-10H2,1H3,(H2,30,36)(H,32,33)/t12-,13?,15?,19+,23?,24-/m0/s1. The molecule has 0 bridgehead atoms. The minimum absolute atomic E-state index is 0.000112. The summed E-state index contributed by atoms with van der Waals surface area (Å²) in [4.78, 5) is 31.1. The number of pyridine rings is 1. The number of rotatable bonds is 5. The first-order chi connectivity index (χ1) is 18.3. The molecule has 3 heterocycles. The molecule has 0 aromatic carbocycles. The summed E-state index contributed by atoms with van der Waals surface area (Å²) in [6, 6.07) is 2.73. The quantitative estimate of drug-likeness (QED) is 0.412. The zero-order valence-corrected chi connectivity index (χ0v) is 21.0. The molecule has 0 radical (unpaired) electrons. The van der Waals surface area contributed by atoms with Crippen molar-refractivity contribution in [1.82, 2.24) is 20.1 Å². The van der Waals surface area contributed by atoms with Gasteiger partial charge in [0.2, 0.25) is 11.8 Å². The Morgan fingerprint density at radius 2 is 2.00 bits per heavy atom. The number of alkyl halides is 3. The largest absolute Gasteiger partial charge is 0.481 e. The van der Waals surface area contributed by atoms with Gasteiger partial charge in [0, 0.05) is 29.6 Å². The van der Waals surface area contributed by atoms with Gasteiger partial charge in [-0.3, -0.25) is 14.7 Å². The Morgan fingerprint density at radius 3 is 2.64 bits per heavy atom. The number of piperidine rings is 1. The summed E-state index contributed by atoms with van der Waals surface area (Å²) in [5.74, 6) is -2.70. The highest BCUT2D eigenvalue weighted by Crippen LogP contribution is 2.62. The van der Waals surface area contributed by atoms with E-state index in [0.29, 0.717) is 12.8 Å². The SMILES string of the molecule is COc1cc(-c2cc(C(=O)N3CCC(C(N)=O)CC34CC4[C@H]3CC[C@@](O)(C(F)(F)F)[C@H](O)C3)[nH]n2)c(F)cn1. The second kappa shape index (κ2) is 9.44. The first-order valence-corrected chi connectivity index (χ1v) is 12.6. The van der Waals surface area contributed by atoms with Gasteiger partial charge in [0.15, 0.2) is 11.4 Å². The van der Waals surface area contributed by atoms with Gasteiger partial charge in [-0.05, 0) is 56.4 Å². The van der Waals surface area contributed by atoms with Crippen LogP contribution in [0.25, 0.3) is 11.3 Å². The number of carbonyl (C=O) groups excluding carboxylic acids is 2. The van der Waals surface area contributed by atoms with Crippen LogP contribution in [-0.4, -0.2) is 79.2 Å². The molecule has 3 fully saturated rings. The molecule has 2 amide bonds. The van der Waals surface area contributed by atoms with Gasteiger partial charge in [0.25, 0.3) is 5.91 Å². The molecule has 5 rings (SSSR count). The third-order valence-corrected chi connectivity index (χ3v) is 8.75. The van der Waals surface area contributed by atoms with E-state index in [1.165, 1.54) is 19.2 Å². The van der Waals surface area contributed by atoms with Crippen molar-refractivity contribution in [2.24, 2.45) is 23.5 Å². The molecule has 3 aliphatic rings. The maximum Gasteiger partial charge on any atom is 0.419 e. The number of hydrogen-bond acceptors (Lipinski definition) is 7. The Hall–Kier alpha value is -3.26. The lowest BCUT2D eigenvalue weighted by molar-refractivity contribution is -0.302. The van der Waals surface area contributed by atoms with E-state index in [1.807, 2.05) is 0 Å². The summed E-state index contributed by atoms with van der Waals surface area (Å²) in [6.07, 6.45) is -5.98. The number of nitrogens with two attached hydrogens (primary N) is 1. The van der Waals surface area contributed by atoms with Crippen LogP contribution in [0.1, 0.15) is 49.0 Å². The number of likely N-dealkylation sites (tertiary alicyclic amines) is 1. The van der Waals surface area contributed by atoms with Crippen LogP contribution < -0.4 is 10.5 Å². The number of nitrogens with one attached hydrogen (secondary N) is 1. The molecule has 212 valence electrons. The van der Waals surface area contributed by atoms with Crippen molar-refractivity contribution >= 4 is 11.8 Å². The molecule has 10 nitrogen and oxygen atoms in total. The molecule has 2 aliphatic carbocycles. The van der Waals surface area contributed by atoms with Crippen LogP contribution in [0.2, 0.25) is 0 Å². The smallest absolute Gasteiger partial charge is 0.419 e. The zero-order chi connectivity index (χ0) is 28.3. The van der Waals surface area contributed by atoms with Gasteiger partial charge in [-0.15, -0.1) is 0 Å².